The maximum atomic E-state index is 12.5. The molecule has 1 heterocycles. The second kappa shape index (κ2) is 8.95. The first-order chi connectivity index (χ1) is 14.3. The molecule has 0 fully saturated rings. The number of para-hydroxylation sites is 1. The Labute approximate surface area is 176 Å². The number of carbonyl (C=O) groups excluding carboxylic acids is 2. The van der Waals surface area contributed by atoms with Crippen molar-refractivity contribution in [3.05, 3.63) is 76.6 Å². The fourth-order valence-electron chi connectivity index (χ4n) is 3.38. The summed E-state index contributed by atoms with van der Waals surface area (Å²) in [5.41, 5.74) is 6.17. The normalized spacial score (nSPS) is 11.8. The molecule has 2 aromatic carbocycles. The van der Waals surface area contributed by atoms with Gasteiger partial charge in [0.05, 0.1) is 17.8 Å². The summed E-state index contributed by atoms with van der Waals surface area (Å²) in [5.74, 6) is -0.819. The van der Waals surface area contributed by atoms with E-state index in [9.17, 15) is 9.59 Å². The third-order valence-electron chi connectivity index (χ3n) is 5.08. The van der Waals surface area contributed by atoms with E-state index in [-0.39, 0.29) is 12.3 Å². The zero-order chi connectivity index (χ0) is 21.8. The number of amides is 1. The van der Waals surface area contributed by atoms with Crippen LogP contribution in [-0.4, -0.2) is 27.8 Å². The highest BCUT2D eigenvalue weighted by molar-refractivity contribution is 5.95. The average molecular weight is 405 g/mol. The van der Waals surface area contributed by atoms with Crippen LogP contribution in [0.2, 0.25) is 0 Å². The molecule has 30 heavy (non-hydrogen) atoms. The highest BCUT2D eigenvalue weighted by Crippen LogP contribution is 2.20. The summed E-state index contributed by atoms with van der Waals surface area (Å²) in [5, 5.41) is 7.37. The molecule has 3 rings (SSSR count). The number of carbonyl (C=O) groups is 2. The fourth-order valence-corrected chi connectivity index (χ4v) is 3.38. The molecule has 0 saturated heterocycles. The minimum absolute atomic E-state index is 0.0612. The maximum Gasteiger partial charge on any atom is 0.311 e. The topological polar surface area (TPSA) is 73.2 Å². The van der Waals surface area contributed by atoms with Crippen molar-refractivity contribution in [1.29, 1.82) is 0 Å². The van der Waals surface area contributed by atoms with E-state index >= 15 is 0 Å². The third-order valence-corrected chi connectivity index (χ3v) is 5.08. The Kier molecular flexibility index (Phi) is 6.35. The van der Waals surface area contributed by atoms with Gasteiger partial charge in [0.15, 0.2) is 6.10 Å². The predicted octanol–water partition coefficient (Wildman–Crippen LogP) is 4.22. The van der Waals surface area contributed by atoms with Crippen molar-refractivity contribution in [3.8, 4) is 5.69 Å². The molecule has 0 saturated carbocycles. The Morgan fingerprint density at radius 2 is 1.77 bits per heavy atom. The van der Waals surface area contributed by atoms with Crippen molar-refractivity contribution in [1.82, 2.24) is 9.78 Å². The SMILES string of the molecule is Cc1ccc(NC(=O)[C@H](C)OC(=O)Cc2c(C)nn(-c3ccccc3)c2C)c(C)c1. The smallest absolute Gasteiger partial charge is 0.311 e. The van der Waals surface area contributed by atoms with Gasteiger partial charge in [-0.15, -0.1) is 0 Å². The van der Waals surface area contributed by atoms with Gasteiger partial charge < -0.3 is 10.1 Å². The number of ether oxygens (including phenoxy) is 1. The number of hydrogen-bond acceptors (Lipinski definition) is 4. The summed E-state index contributed by atoms with van der Waals surface area (Å²) >= 11 is 0. The van der Waals surface area contributed by atoms with Gasteiger partial charge in [-0.05, 0) is 58.4 Å². The van der Waals surface area contributed by atoms with E-state index in [1.807, 2.05) is 80.9 Å². The van der Waals surface area contributed by atoms with E-state index in [4.69, 9.17) is 4.74 Å². The number of anilines is 1. The molecule has 1 aromatic heterocycles. The van der Waals surface area contributed by atoms with Crippen LogP contribution in [0.3, 0.4) is 0 Å². The highest BCUT2D eigenvalue weighted by atomic mass is 16.5. The lowest BCUT2D eigenvalue weighted by Crippen LogP contribution is -2.30. The average Bonchev–Trinajstić information content (AvgIpc) is 2.98. The van der Waals surface area contributed by atoms with Crippen LogP contribution in [0.4, 0.5) is 5.69 Å². The molecular formula is C24H27N3O3. The minimum Gasteiger partial charge on any atom is -0.452 e. The lowest BCUT2D eigenvalue weighted by atomic mass is 10.1. The lowest BCUT2D eigenvalue weighted by molar-refractivity contribution is -0.152. The van der Waals surface area contributed by atoms with Crippen molar-refractivity contribution in [2.45, 2.75) is 47.1 Å². The molecule has 0 aliphatic rings. The first-order valence-corrected chi connectivity index (χ1v) is 9.94. The number of rotatable bonds is 6. The van der Waals surface area contributed by atoms with Gasteiger partial charge in [0.2, 0.25) is 0 Å². The van der Waals surface area contributed by atoms with Gasteiger partial charge in [-0.3, -0.25) is 9.59 Å². The van der Waals surface area contributed by atoms with E-state index in [1.54, 1.807) is 6.92 Å². The van der Waals surface area contributed by atoms with Crippen LogP contribution in [-0.2, 0) is 20.7 Å². The van der Waals surface area contributed by atoms with Crippen molar-refractivity contribution in [3.63, 3.8) is 0 Å². The van der Waals surface area contributed by atoms with Crippen molar-refractivity contribution in [2.24, 2.45) is 0 Å². The molecule has 1 N–H and O–H groups in total. The zero-order valence-corrected chi connectivity index (χ0v) is 18.0. The first kappa shape index (κ1) is 21.3. The quantitative estimate of drug-likeness (QED) is 0.623. The molecule has 6 nitrogen and oxygen atoms in total. The molecule has 3 aromatic rings. The minimum atomic E-state index is -0.900. The molecule has 0 unspecified atom stereocenters. The predicted molar refractivity (Wildman–Crippen MR) is 117 cm³/mol. The van der Waals surface area contributed by atoms with E-state index < -0.39 is 12.1 Å². The molecule has 0 bridgehead atoms. The van der Waals surface area contributed by atoms with Crippen LogP contribution in [0.5, 0.6) is 0 Å². The Balaban J connectivity index is 1.65. The standard InChI is InChI=1S/C24H27N3O3/c1-15-11-12-22(16(2)13-15)25-24(29)19(5)30-23(28)14-21-17(3)26-27(18(21)4)20-9-7-6-8-10-20/h6-13,19H,14H2,1-5H3,(H,25,29)/t19-/m0/s1. The maximum absolute atomic E-state index is 12.5. The molecule has 1 amide bonds. The van der Waals surface area contributed by atoms with Crippen LogP contribution in [0.1, 0.15) is 35.0 Å². The van der Waals surface area contributed by atoms with Gasteiger partial charge in [-0.1, -0.05) is 35.9 Å². The Morgan fingerprint density at radius 3 is 2.43 bits per heavy atom. The summed E-state index contributed by atoms with van der Waals surface area (Å²) in [6.07, 6.45) is -0.839. The summed E-state index contributed by atoms with van der Waals surface area (Å²) in [4.78, 5) is 25.0. The zero-order valence-electron chi connectivity index (χ0n) is 18.0. The lowest BCUT2D eigenvalue weighted by Gasteiger charge is -2.15. The Hall–Kier alpha value is -3.41. The van der Waals surface area contributed by atoms with Crippen molar-refractivity contribution < 1.29 is 14.3 Å². The van der Waals surface area contributed by atoms with Crippen molar-refractivity contribution >= 4 is 17.6 Å². The van der Waals surface area contributed by atoms with Gasteiger partial charge in [-0.25, -0.2) is 4.68 Å². The molecule has 156 valence electrons. The van der Waals surface area contributed by atoms with Crippen LogP contribution >= 0.6 is 0 Å². The summed E-state index contributed by atoms with van der Waals surface area (Å²) < 4.78 is 7.20. The van der Waals surface area contributed by atoms with Gasteiger partial charge in [0.1, 0.15) is 0 Å². The van der Waals surface area contributed by atoms with Crippen LogP contribution in [0, 0.1) is 27.7 Å². The van der Waals surface area contributed by atoms with E-state index in [2.05, 4.69) is 10.4 Å². The number of nitrogens with zero attached hydrogens (tertiary/aromatic N) is 2. The summed E-state index contributed by atoms with van der Waals surface area (Å²) in [6.45, 7) is 9.28. The Morgan fingerprint density at radius 1 is 1.07 bits per heavy atom. The van der Waals surface area contributed by atoms with Crippen LogP contribution in [0.15, 0.2) is 48.5 Å². The molecule has 0 aliphatic heterocycles. The molecule has 0 aliphatic carbocycles. The fraction of sp³-hybridized carbons (Fsp3) is 0.292. The molecule has 1 atom stereocenters. The monoisotopic (exact) mass is 405 g/mol. The summed E-state index contributed by atoms with van der Waals surface area (Å²) in [7, 11) is 0. The first-order valence-electron chi connectivity index (χ1n) is 9.94. The number of esters is 1. The number of aromatic nitrogens is 2. The van der Waals surface area contributed by atoms with Gasteiger partial charge in [0.25, 0.3) is 5.91 Å². The number of nitrogens with one attached hydrogen (secondary N) is 1. The molecular weight excluding hydrogens is 378 g/mol. The second-order valence-corrected chi connectivity index (χ2v) is 7.51. The van der Waals surface area contributed by atoms with Gasteiger partial charge in [0, 0.05) is 16.9 Å². The van der Waals surface area contributed by atoms with Crippen LogP contribution in [0.25, 0.3) is 5.69 Å². The van der Waals surface area contributed by atoms with Gasteiger partial charge in [-0.2, -0.15) is 5.10 Å². The molecule has 0 radical (unpaired) electrons. The van der Waals surface area contributed by atoms with Crippen molar-refractivity contribution in [2.75, 3.05) is 5.32 Å². The largest absolute Gasteiger partial charge is 0.452 e. The van der Waals surface area contributed by atoms with E-state index in [1.165, 1.54) is 0 Å². The summed E-state index contributed by atoms with van der Waals surface area (Å²) in [6, 6.07) is 15.5. The highest BCUT2D eigenvalue weighted by Gasteiger charge is 2.21. The Bertz CT molecular complexity index is 1070. The number of hydrogen-bond donors (Lipinski definition) is 1. The van der Waals surface area contributed by atoms with Crippen LogP contribution < -0.4 is 5.32 Å². The number of aryl methyl sites for hydroxylation is 3. The molecule has 6 heteroatoms. The number of benzene rings is 2. The van der Waals surface area contributed by atoms with E-state index in [0.29, 0.717) is 5.69 Å². The third kappa shape index (κ3) is 4.76. The molecule has 0 spiro atoms. The van der Waals surface area contributed by atoms with E-state index in [0.717, 1.165) is 33.8 Å². The second-order valence-electron chi connectivity index (χ2n) is 7.51. The van der Waals surface area contributed by atoms with Gasteiger partial charge >= 0.3 is 5.97 Å².